The van der Waals surface area contributed by atoms with Crippen molar-refractivity contribution in [3.63, 3.8) is 0 Å². The number of aliphatic hydroxyl groups is 2. The van der Waals surface area contributed by atoms with Crippen LogP contribution < -0.4 is 11.1 Å². The lowest BCUT2D eigenvalue weighted by Gasteiger charge is -2.19. The van der Waals surface area contributed by atoms with E-state index >= 15 is 0 Å². The molecule has 1 heterocycles. The summed E-state index contributed by atoms with van der Waals surface area (Å²) in [5, 5.41) is 26.3. The Labute approximate surface area is 85.5 Å². The Morgan fingerprint density at radius 1 is 1.73 bits per heavy atom. The number of nitrogen functional groups attached to an aromatic ring is 1. The van der Waals surface area contributed by atoms with Crippen LogP contribution in [0.25, 0.3) is 0 Å². The number of hydrogen-bond acceptors (Lipinski definition) is 6. The van der Waals surface area contributed by atoms with Crippen molar-refractivity contribution < 1.29 is 15.0 Å². The van der Waals surface area contributed by atoms with Crippen LogP contribution in [0.1, 0.15) is 17.5 Å². The number of rotatable bonds is 4. The maximum absolute atomic E-state index is 11.3. The Kier molecular flexibility index (Phi) is 3.22. The molecule has 1 aromatic rings. The molecule has 8 nitrogen and oxygen atoms in total. The van der Waals surface area contributed by atoms with Crippen LogP contribution in [-0.4, -0.2) is 50.1 Å². The van der Waals surface area contributed by atoms with Crippen LogP contribution in [0.2, 0.25) is 0 Å². The molecule has 1 rings (SSSR count). The molecule has 1 aromatic heterocycles. The van der Waals surface area contributed by atoms with Gasteiger partial charge in [-0.2, -0.15) is 4.98 Å². The fourth-order valence-corrected chi connectivity index (χ4v) is 0.787. The van der Waals surface area contributed by atoms with E-state index in [1.165, 1.54) is 6.92 Å². The van der Waals surface area contributed by atoms with E-state index in [1.54, 1.807) is 0 Å². The average Bonchev–Trinajstić information content (AvgIpc) is 2.61. The van der Waals surface area contributed by atoms with E-state index in [0.717, 1.165) is 0 Å². The van der Waals surface area contributed by atoms with Gasteiger partial charge in [-0.05, 0) is 6.92 Å². The molecule has 0 bridgehead atoms. The number of anilines is 1. The normalized spacial score (nSPS) is 14.6. The fraction of sp³-hybridized carbons (Fsp3) is 0.571. The van der Waals surface area contributed by atoms with Gasteiger partial charge in [-0.1, -0.05) is 0 Å². The number of aromatic amines is 1. The standard InChI is InChI=1S/C7H13N5O3/c1-7(15,3-13)2-9-5(14)4-10-6(8)12-11-4/h13,15H,2-3H2,1H3,(H,9,14)(H3,8,10,11,12). The van der Waals surface area contributed by atoms with E-state index in [-0.39, 0.29) is 18.3 Å². The molecule has 1 amide bonds. The molecule has 0 spiro atoms. The Hall–Kier alpha value is -1.67. The minimum atomic E-state index is -1.36. The summed E-state index contributed by atoms with van der Waals surface area (Å²) < 4.78 is 0. The Morgan fingerprint density at radius 2 is 2.40 bits per heavy atom. The molecule has 0 aliphatic rings. The minimum absolute atomic E-state index is 0.0333. The third-order valence-corrected chi connectivity index (χ3v) is 1.69. The quantitative estimate of drug-likeness (QED) is 0.388. The first kappa shape index (κ1) is 11.4. The summed E-state index contributed by atoms with van der Waals surface area (Å²) in [6.07, 6.45) is 0. The monoisotopic (exact) mass is 215 g/mol. The van der Waals surface area contributed by atoms with Crippen LogP contribution in [0.5, 0.6) is 0 Å². The van der Waals surface area contributed by atoms with Gasteiger partial charge in [0.15, 0.2) is 0 Å². The number of hydrogen-bond donors (Lipinski definition) is 5. The molecule has 84 valence electrons. The highest BCUT2D eigenvalue weighted by atomic mass is 16.3. The summed E-state index contributed by atoms with van der Waals surface area (Å²) in [5.74, 6) is -0.622. The highest BCUT2D eigenvalue weighted by Crippen LogP contribution is 1.99. The zero-order chi connectivity index (χ0) is 11.5. The lowest BCUT2D eigenvalue weighted by atomic mass is 10.1. The van der Waals surface area contributed by atoms with Gasteiger partial charge >= 0.3 is 0 Å². The second-order valence-corrected chi connectivity index (χ2v) is 3.38. The number of aliphatic hydroxyl groups excluding tert-OH is 1. The first-order valence-electron chi connectivity index (χ1n) is 4.24. The summed E-state index contributed by atoms with van der Waals surface area (Å²) in [5.41, 5.74) is 3.84. The zero-order valence-electron chi connectivity index (χ0n) is 8.19. The van der Waals surface area contributed by atoms with Crippen LogP contribution >= 0.6 is 0 Å². The zero-order valence-corrected chi connectivity index (χ0v) is 8.19. The second-order valence-electron chi connectivity index (χ2n) is 3.38. The van der Waals surface area contributed by atoms with Crippen molar-refractivity contribution in [2.24, 2.45) is 0 Å². The first-order valence-corrected chi connectivity index (χ1v) is 4.24. The largest absolute Gasteiger partial charge is 0.393 e. The third-order valence-electron chi connectivity index (χ3n) is 1.69. The highest BCUT2D eigenvalue weighted by molar-refractivity contribution is 5.90. The van der Waals surface area contributed by atoms with Gasteiger partial charge in [-0.25, -0.2) is 0 Å². The molecule has 0 radical (unpaired) electrons. The molecule has 1 unspecified atom stereocenters. The Bertz CT molecular complexity index is 348. The van der Waals surface area contributed by atoms with Crippen molar-refractivity contribution in [1.29, 1.82) is 0 Å². The highest BCUT2D eigenvalue weighted by Gasteiger charge is 2.21. The van der Waals surface area contributed by atoms with Gasteiger partial charge in [-0.15, -0.1) is 5.10 Å². The summed E-state index contributed by atoms with van der Waals surface area (Å²) in [7, 11) is 0. The number of nitrogens with two attached hydrogens (primary N) is 1. The second kappa shape index (κ2) is 4.24. The van der Waals surface area contributed by atoms with Crippen molar-refractivity contribution in [3.05, 3.63) is 5.82 Å². The molecule has 0 aliphatic carbocycles. The maximum Gasteiger partial charge on any atom is 0.288 e. The van der Waals surface area contributed by atoms with Gasteiger partial charge < -0.3 is 21.3 Å². The number of nitrogens with zero attached hydrogens (tertiary/aromatic N) is 2. The average molecular weight is 215 g/mol. The number of H-pyrrole nitrogens is 1. The van der Waals surface area contributed by atoms with Crippen molar-refractivity contribution in [2.45, 2.75) is 12.5 Å². The van der Waals surface area contributed by atoms with Gasteiger partial charge in [0.1, 0.15) is 5.60 Å². The van der Waals surface area contributed by atoms with Gasteiger partial charge in [0.25, 0.3) is 5.91 Å². The van der Waals surface area contributed by atoms with Crippen molar-refractivity contribution >= 4 is 11.9 Å². The molecule has 6 N–H and O–H groups in total. The number of aromatic nitrogens is 3. The van der Waals surface area contributed by atoms with E-state index < -0.39 is 18.1 Å². The van der Waals surface area contributed by atoms with Crippen LogP contribution in [-0.2, 0) is 0 Å². The van der Waals surface area contributed by atoms with Gasteiger partial charge in [0.2, 0.25) is 11.8 Å². The van der Waals surface area contributed by atoms with Gasteiger partial charge in [0, 0.05) is 6.54 Å². The van der Waals surface area contributed by atoms with Crippen molar-refractivity contribution in [1.82, 2.24) is 20.5 Å². The smallest absolute Gasteiger partial charge is 0.288 e. The predicted molar refractivity (Wildman–Crippen MR) is 50.8 cm³/mol. The molecule has 8 heteroatoms. The molecular weight excluding hydrogens is 202 g/mol. The van der Waals surface area contributed by atoms with E-state index in [1.807, 2.05) is 0 Å². The summed E-state index contributed by atoms with van der Waals surface area (Å²) >= 11 is 0. The number of carbonyl (C=O) groups is 1. The summed E-state index contributed by atoms with van der Waals surface area (Å²) in [6, 6.07) is 0. The number of amides is 1. The van der Waals surface area contributed by atoms with E-state index in [9.17, 15) is 9.90 Å². The van der Waals surface area contributed by atoms with Crippen LogP contribution in [0.15, 0.2) is 0 Å². The van der Waals surface area contributed by atoms with Crippen LogP contribution in [0.4, 0.5) is 5.95 Å². The van der Waals surface area contributed by atoms with Crippen LogP contribution in [0, 0.1) is 0 Å². The molecule has 15 heavy (non-hydrogen) atoms. The predicted octanol–water partition coefficient (Wildman–Crippen LogP) is -2.14. The topological polar surface area (TPSA) is 137 Å². The molecule has 0 aromatic carbocycles. The lowest BCUT2D eigenvalue weighted by molar-refractivity contribution is 0.00312. The summed E-state index contributed by atoms with van der Waals surface area (Å²) in [4.78, 5) is 14.9. The maximum atomic E-state index is 11.3. The SMILES string of the molecule is CC(O)(CO)CNC(=O)c1nc(N)n[nH]1. The molecule has 0 fully saturated rings. The van der Waals surface area contributed by atoms with Gasteiger partial charge in [0.05, 0.1) is 6.61 Å². The van der Waals surface area contributed by atoms with Crippen molar-refractivity contribution in [3.8, 4) is 0 Å². The Morgan fingerprint density at radius 3 is 2.87 bits per heavy atom. The summed E-state index contributed by atoms with van der Waals surface area (Å²) in [6.45, 7) is 0.844. The third kappa shape index (κ3) is 3.18. The molecule has 1 atom stereocenters. The number of nitrogens with one attached hydrogen (secondary N) is 2. The van der Waals surface area contributed by atoms with E-state index in [2.05, 4.69) is 20.5 Å². The minimum Gasteiger partial charge on any atom is -0.393 e. The number of carbonyl (C=O) groups excluding carboxylic acids is 1. The van der Waals surface area contributed by atoms with E-state index in [0.29, 0.717) is 0 Å². The lowest BCUT2D eigenvalue weighted by Crippen LogP contribution is -2.43. The molecule has 0 saturated carbocycles. The first-order chi connectivity index (χ1) is 6.94. The molecule has 0 aliphatic heterocycles. The van der Waals surface area contributed by atoms with E-state index in [4.69, 9.17) is 10.8 Å². The fourth-order valence-electron chi connectivity index (χ4n) is 0.787. The molecular formula is C7H13N5O3. The molecule has 0 saturated heterocycles. The van der Waals surface area contributed by atoms with Crippen molar-refractivity contribution in [2.75, 3.05) is 18.9 Å². The van der Waals surface area contributed by atoms with Crippen LogP contribution in [0.3, 0.4) is 0 Å². The Balaban J connectivity index is 2.50. The van der Waals surface area contributed by atoms with Gasteiger partial charge in [-0.3, -0.25) is 9.89 Å².